The Balaban J connectivity index is 1.50. The van der Waals surface area contributed by atoms with Crippen LogP contribution < -0.4 is 24.3 Å². The van der Waals surface area contributed by atoms with Gasteiger partial charge >= 0.3 is 5.97 Å². The van der Waals surface area contributed by atoms with Crippen molar-refractivity contribution in [1.29, 1.82) is 0 Å². The van der Waals surface area contributed by atoms with Crippen molar-refractivity contribution in [3.63, 3.8) is 0 Å². The molecule has 1 amide bonds. The van der Waals surface area contributed by atoms with Crippen molar-refractivity contribution in [2.45, 2.75) is 20.0 Å². The zero-order chi connectivity index (χ0) is 23.1. The Morgan fingerprint density at radius 3 is 2.62 bits per heavy atom. The van der Waals surface area contributed by atoms with E-state index in [4.69, 9.17) is 28.5 Å². The van der Waals surface area contributed by atoms with Crippen LogP contribution in [0.15, 0.2) is 41.6 Å². The van der Waals surface area contributed by atoms with Crippen LogP contribution in [0.1, 0.15) is 19.4 Å². The third kappa shape index (κ3) is 5.60. The Kier molecular flexibility index (Phi) is 7.37. The van der Waals surface area contributed by atoms with Gasteiger partial charge in [-0.25, -0.2) is 4.79 Å². The highest BCUT2D eigenvalue weighted by atomic mass is 16.7. The molecule has 1 unspecified atom stereocenters. The molecule has 0 aromatic heterocycles. The number of carbonyl (C=O) groups excluding carboxylic acids is 2. The molecule has 170 valence electrons. The highest BCUT2D eigenvalue weighted by Gasteiger charge is 2.20. The molecule has 3 rings (SSSR count). The maximum Gasteiger partial charge on any atom is 0.347 e. The fourth-order valence-corrected chi connectivity index (χ4v) is 2.79. The van der Waals surface area contributed by atoms with E-state index < -0.39 is 24.6 Å². The summed E-state index contributed by atoms with van der Waals surface area (Å²) in [7, 11) is 2.99. The van der Waals surface area contributed by atoms with Crippen LogP contribution in [0.25, 0.3) is 0 Å². The maximum absolute atomic E-state index is 12.4. The SMILES string of the molecule is COc1ccc(OC)c(NC(=O)C(C)OC(=O)CON=C(C)c2ccc3c(c2)OCO3)c1. The Labute approximate surface area is 185 Å². The summed E-state index contributed by atoms with van der Waals surface area (Å²) in [5.74, 6) is 0.968. The van der Waals surface area contributed by atoms with Gasteiger partial charge in [0.05, 0.1) is 25.6 Å². The molecule has 1 heterocycles. The van der Waals surface area contributed by atoms with Crippen molar-refractivity contribution in [1.82, 2.24) is 0 Å². The first-order valence-electron chi connectivity index (χ1n) is 9.70. The Morgan fingerprint density at radius 2 is 1.88 bits per heavy atom. The number of hydrogen-bond donors (Lipinski definition) is 1. The minimum absolute atomic E-state index is 0.174. The van der Waals surface area contributed by atoms with Gasteiger partial charge in [-0.1, -0.05) is 5.16 Å². The van der Waals surface area contributed by atoms with E-state index in [1.807, 2.05) is 0 Å². The number of fused-ring (bicyclic) bond motifs is 1. The number of rotatable bonds is 9. The van der Waals surface area contributed by atoms with Gasteiger partial charge in [0.15, 0.2) is 17.6 Å². The van der Waals surface area contributed by atoms with Crippen molar-refractivity contribution in [3.8, 4) is 23.0 Å². The molecule has 0 bridgehead atoms. The summed E-state index contributed by atoms with van der Waals surface area (Å²) < 4.78 is 26.1. The normalized spacial score (nSPS) is 13.2. The summed E-state index contributed by atoms with van der Waals surface area (Å²) in [6, 6.07) is 10.3. The Hall–Kier alpha value is -3.95. The molecule has 0 fully saturated rings. The van der Waals surface area contributed by atoms with Gasteiger partial charge in [-0.15, -0.1) is 0 Å². The molecular formula is C22H24N2O8. The number of esters is 1. The van der Waals surface area contributed by atoms with Crippen molar-refractivity contribution in [3.05, 3.63) is 42.0 Å². The molecule has 0 aliphatic carbocycles. The fourth-order valence-electron chi connectivity index (χ4n) is 2.79. The molecule has 32 heavy (non-hydrogen) atoms. The van der Waals surface area contributed by atoms with Crippen molar-refractivity contribution < 1.29 is 38.1 Å². The molecule has 10 nitrogen and oxygen atoms in total. The highest BCUT2D eigenvalue weighted by Crippen LogP contribution is 2.32. The number of carbonyl (C=O) groups is 2. The largest absolute Gasteiger partial charge is 0.497 e. The lowest BCUT2D eigenvalue weighted by atomic mass is 10.1. The third-order valence-corrected chi connectivity index (χ3v) is 4.52. The van der Waals surface area contributed by atoms with Crippen LogP contribution in [0.5, 0.6) is 23.0 Å². The number of benzene rings is 2. The first-order chi connectivity index (χ1) is 15.4. The standard InChI is InChI=1S/C22H24N2O8/c1-13(15-5-7-19-20(9-15)30-12-29-19)24-31-11-21(25)32-14(2)22(26)23-17-10-16(27-3)6-8-18(17)28-4/h5-10,14H,11-12H2,1-4H3,(H,23,26). The van der Waals surface area contributed by atoms with Gasteiger partial charge < -0.3 is 33.8 Å². The van der Waals surface area contributed by atoms with E-state index in [0.717, 1.165) is 5.56 Å². The van der Waals surface area contributed by atoms with E-state index in [1.54, 1.807) is 43.3 Å². The van der Waals surface area contributed by atoms with E-state index in [0.29, 0.717) is 34.4 Å². The molecule has 0 saturated heterocycles. The van der Waals surface area contributed by atoms with Gasteiger partial charge in [-0.05, 0) is 44.2 Å². The second-order valence-electron chi connectivity index (χ2n) is 6.71. The predicted octanol–water partition coefficient (Wildman–Crippen LogP) is 2.74. The van der Waals surface area contributed by atoms with Crippen LogP contribution in [0, 0.1) is 0 Å². The van der Waals surface area contributed by atoms with Gasteiger partial charge in [0, 0.05) is 11.6 Å². The zero-order valence-electron chi connectivity index (χ0n) is 18.2. The summed E-state index contributed by atoms with van der Waals surface area (Å²) in [6.07, 6.45) is -1.07. The first kappa shape index (κ1) is 22.7. The van der Waals surface area contributed by atoms with E-state index in [-0.39, 0.29) is 6.79 Å². The second kappa shape index (κ2) is 10.4. The summed E-state index contributed by atoms with van der Waals surface area (Å²) in [6.45, 7) is 2.89. The lowest BCUT2D eigenvalue weighted by Crippen LogP contribution is -2.31. The third-order valence-electron chi connectivity index (χ3n) is 4.52. The molecule has 1 aliphatic heterocycles. The number of ether oxygens (including phenoxy) is 5. The molecule has 1 aliphatic rings. The first-order valence-corrected chi connectivity index (χ1v) is 9.70. The van der Waals surface area contributed by atoms with Gasteiger partial charge in [0.2, 0.25) is 13.4 Å². The van der Waals surface area contributed by atoms with Crippen LogP contribution in [-0.4, -0.2) is 51.3 Å². The minimum Gasteiger partial charge on any atom is -0.497 e. The molecule has 0 radical (unpaired) electrons. The van der Waals surface area contributed by atoms with Gasteiger partial charge in [-0.3, -0.25) is 4.79 Å². The van der Waals surface area contributed by atoms with Gasteiger partial charge in [0.25, 0.3) is 5.91 Å². The molecule has 1 atom stereocenters. The molecule has 0 saturated carbocycles. The average molecular weight is 444 g/mol. The van der Waals surface area contributed by atoms with E-state index in [9.17, 15) is 9.59 Å². The maximum atomic E-state index is 12.4. The summed E-state index contributed by atoms with van der Waals surface area (Å²) in [4.78, 5) is 29.5. The molecule has 1 N–H and O–H groups in total. The summed E-state index contributed by atoms with van der Waals surface area (Å²) in [5.41, 5.74) is 1.68. The van der Waals surface area contributed by atoms with Crippen molar-refractivity contribution >= 4 is 23.3 Å². The van der Waals surface area contributed by atoms with E-state index in [2.05, 4.69) is 10.5 Å². The number of hydrogen-bond acceptors (Lipinski definition) is 9. The zero-order valence-corrected chi connectivity index (χ0v) is 18.2. The number of amides is 1. The average Bonchev–Trinajstić information content (AvgIpc) is 3.26. The number of anilines is 1. The smallest absolute Gasteiger partial charge is 0.347 e. The topological polar surface area (TPSA) is 114 Å². The van der Waals surface area contributed by atoms with Crippen LogP contribution in [-0.2, 0) is 19.2 Å². The minimum atomic E-state index is -1.07. The highest BCUT2D eigenvalue weighted by molar-refractivity contribution is 5.99. The quantitative estimate of drug-likeness (QED) is 0.357. The van der Waals surface area contributed by atoms with Crippen LogP contribution in [0.2, 0.25) is 0 Å². The molecule has 10 heteroatoms. The van der Waals surface area contributed by atoms with Crippen LogP contribution in [0.3, 0.4) is 0 Å². The molecular weight excluding hydrogens is 420 g/mol. The van der Waals surface area contributed by atoms with E-state index >= 15 is 0 Å². The number of oxime groups is 1. The molecule has 0 spiro atoms. The molecule has 2 aromatic rings. The Morgan fingerprint density at radius 1 is 1.09 bits per heavy atom. The summed E-state index contributed by atoms with van der Waals surface area (Å²) in [5, 5.41) is 6.56. The van der Waals surface area contributed by atoms with Gasteiger partial charge in [0.1, 0.15) is 11.5 Å². The number of nitrogens with zero attached hydrogens (tertiary/aromatic N) is 1. The van der Waals surface area contributed by atoms with Gasteiger partial charge in [-0.2, -0.15) is 0 Å². The lowest BCUT2D eigenvalue weighted by Gasteiger charge is -2.15. The van der Waals surface area contributed by atoms with E-state index in [1.165, 1.54) is 21.1 Å². The molecule has 2 aromatic carbocycles. The lowest BCUT2D eigenvalue weighted by molar-refractivity contribution is -0.157. The van der Waals surface area contributed by atoms with Crippen LogP contribution in [0.4, 0.5) is 5.69 Å². The second-order valence-corrected chi connectivity index (χ2v) is 6.71. The Bertz CT molecular complexity index is 1020. The van der Waals surface area contributed by atoms with Crippen LogP contribution >= 0.6 is 0 Å². The summed E-state index contributed by atoms with van der Waals surface area (Å²) >= 11 is 0. The number of nitrogens with one attached hydrogen (secondary N) is 1. The monoisotopic (exact) mass is 444 g/mol. The van der Waals surface area contributed by atoms with Crippen molar-refractivity contribution in [2.24, 2.45) is 5.16 Å². The fraction of sp³-hybridized carbons (Fsp3) is 0.318. The number of methoxy groups -OCH3 is 2. The predicted molar refractivity (Wildman–Crippen MR) is 114 cm³/mol. The van der Waals surface area contributed by atoms with Crippen molar-refractivity contribution in [2.75, 3.05) is 32.9 Å².